The predicted molar refractivity (Wildman–Crippen MR) is 99.9 cm³/mol. The van der Waals surface area contributed by atoms with Gasteiger partial charge in [-0.05, 0) is 75.1 Å². The molecule has 2 nitrogen and oxygen atoms in total. The molecule has 23 heavy (non-hydrogen) atoms. The lowest BCUT2D eigenvalue weighted by Crippen LogP contribution is -2.32. The van der Waals surface area contributed by atoms with E-state index in [0.29, 0.717) is 0 Å². The molecule has 0 bridgehead atoms. The van der Waals surface area contributed by atoms with Crippen LogP contribution in [0.15, 0.2) is 74.8 Å². The van der Waals surface area contributed by atoms with Crippen LogP contribution in [0.2, 0.25) is 0 Å². The van der Waals surface area contributed by atoms with Gasteiger partial charge in [0.15, 0.2) is 0 Å². The van der Waals surface area contributed by atoms with Crippen molar-refractivity contribution in [2.24, 2.45) is 9.98 Å². The SMILES string of the molecule is CCC1(C)N=C2C(C)=CC(=Nc3ccccc3)C=C2C(C)=C1C. The molecule has 1 unspecified atom stereocenters. The van der Waals surface area contributed by atoms with E-state index in [-0.39, 0.29) is 5.54 Å². The maximum absolute atomic E-state index is 5.08. The van der Waals surface area contributed by atoms with Crippen molar-refractivity contribution in [1.82, 2.24) is 0 Å². The highest BCUT2D eigenvalue weighted by atomic mass is 14.9. The predicted octanol–water partition coefficient (Wildman–Crippen LogP) is 5.61. The molecule has 1 aliphatic heterocycles. The second-order valence-electron chi connectivity index (χ2n) is 6.60. The normalized spacial score (nSPS) is 25.8. The zero-order chi connectivity index (χ0) is 16.6. The smallest absolute Gasteiger partial charge is 0.0796 e. The molecule has 1 aliphatic carbocycles. The quantitative estimate of drug-likeness (QED) is 0.635. The Bertz CT molecular complexity index is 788. The first kappa shape index (κ1) is 15.7. The van der Waals surface area contributed by atoms with E-state index in [1.807, 2.05) is 30.3 Å². The molecule has 0 aromatic heterocycles. The third-order valence-corrected chi connectivity index (χ3v) is 5.12. The maximum Gasteiger partial charge on any atom is 0.0796 e. The number of rotatable bonds is 2. The monoisotopic (exact) mass is 304 g/mol. The molecule has 0 saturated heterocycles. The molecule has 0 N–H and O–H groups in total. The highest BCUT2D eigenvalue weighted by molar-refractivity contribution is 6.26. The summed E-state index contributed by atoms with van der Waals surface area (Å²) in [5.41, 5.74) is 8.15. The molecule has 0 amide bonds. The van der Waals surface area contributed by atoms with Gasteiger partial charge in [-0.1, -0.05) is 25.1 Å². The van der Waals surface area contributed by atoms with E-state index in [9.17, 15) is 0 Å². The van der Waals surface area contributed by atoms with Crippen LogP contribution in [0.25, 0.3) is 0 Å². The summed E-state index contributed by atoms with van der Waals surface area (Å²) in [5.74, 6) is 0. The van der Waals surface area contributed by atoms with E-state index < -0.39 is 0 Å². The van der Waals surface area contributed by atoms with Gasteiger partial charge in [0.25, 0.3) is 0 Å². The van der Waals surface area contributed by atoms with E-state index in [0.717, 1.165) is 23.5 Å². The van der Waals surface area contributed by atoms with E-state index in [2.05, 4.69) is 46.8 Å². The highest BCUT2D eigenvalue weighted by Crippen LogP contribution is 2.38. The summed E-state index contributed by atoms with van der Waals surface area (Å²) < 4.78 is 0. The second-order valence-corrected chi connectivity index (χ2v) is 6.60. The Labute approximate surface area is 139 Å². The number of allylic oxidation sites excluding steroid dienone is 5. The van der Waals surface area contributed by atoms with Crippen molar-refractivity contribution in [2.75, 3.05) is 0 Å². The Kier molecular flexibility index (Phi) is 3.93. The van der Waals surface area contributed by atoms with Crippen molar-refractivity contribution >= 4 is 17.1 Å². The number of dihydropyridines is 1. The van der Waals surface area contributed by atoms with Crippen molar-refractivity contribution in [3.05, 3.63) is 64.8 Å². The fraction of sp³-hybridized carbons (Fsp3) is 0.333. The molecule has 1 aromatic carbocycles. The summed E-state index contributed by atoms with van der Waals surface area (Å²) in [6, 6.07) is 10.1. The van der Waals surface area contributed by atoms with Crippen LogP contribution in [0.4, 0.5) is 5.69 Å². The fourth-order valence-electron chi connectivity index (χ4n) is 3.19. The standard InChI is InChI=1S/C21H24N2/c1-6-21(5)16(4)15(3)19-13-18(12-14(2)20(19)23-21)22-17-10-8-7-9-11-17/h7-13H,6H2,1-5H3. The average molecular weight is 304 g/mol. The number of nitrogens with zero attached hydrogens (tertiary/aromatic N) is 2. The summed E-state index contributed by atoms with van der Waals surface area (Å²) >= 11 is 0. The number of para-hydroxylation sites is 1. The lowest BCUT2D eigenvalue weighted by molar-refractivity contribution is 0.525. The zero-order valence-electron chi connectivity index (χ0n) is 14.6. The molecule has 2 aliphatic rings. The molecule has 118 valence electrons. The van der Waals surface area contributed by atoms with Gasteiger partial charge < -0.3 is 0 Å². The zero-order valence-corrected chi connectivity index (χ0v) is 14.6. The molecule has 0 radical (unpaired) electrons. The fourth-order valence-corrected chi connectivity index (χ4v) is 3.19. The minimum atomic E-state index is -0.0834. The maximum atomic E-state index is 5.08. The molecule has 1 atom stereocenters. The Morgan fingerprint density at radius 1 is 1.04 bits per heavy atom. The lowest BCUT2D eigenvalue weighted by atomic mass is 9.78. The van der Waals surface area contributed by atoms with Crippen LogP contribution in [-0.2, 0) is 0 Å². The molecule has 2 heteroatoms. The number of hydrogen-bond donors (Lipinski definition) is 0. The summed E-state index contributed by atoms with van der Waals surface area (Å²) in [6.07, 6.45) is 5.33. The van der Waals surface area contributed by atoms with Crippen LogP contribution < -0.4 is 0 Å². The van der Waals surface area contributed by atoms with Crippen LogP contribution in [0.3, 0.4) is 0 Å². The van der Waals surface area contributed by atoms with Crippen LogP contribution in [0.1, 0.15) is 41.0 Å². The van der Waals surface area contributed by atoms with E-state index in [1.165, 1.54) is 22.3 Å². The van der Waals surface area contributed by atoms with Crippen molar-refractivity contribution in [3.63, 3.8) is 0 Å². The van der Waals surface area contributed by atoms with Gasteiger partial charge in [-0.25, -0.2) is 4.99 Å². The summed E-state index contributed by atoms with van der Waals surface area (Å²) in [6.45, 7) is 11.0. The number of benzene rings is 1. The van der Waals surface area contributed by atoms with Gasteiger partial charge in [0.2, 0.25) is 0 Å². The Hall–Kier alpha value is -2.22. The van der Waals surface area contributed by atoms with Crippen LogP contribution in [0, 0.1) is 0 Å². The summed E-state index contributed by atoms with van der Waals surface area (Å²) in [4.78, 5) is 9.84. The van der Waals surface area contributed by atoms with Crippen molar-refractivity contribution < 1.29 is 0 Å². The molecule has 0 spiro atoms. The van der Waals surface area contributed by atoms with Gasteiger partial charge in [-0.3, -0.25) is 4.99 Å². The van der Waals surface area contributed by atoms with Gasteiger partial charge in [-0.15, -0.1) is 0 Å². The summed E-state index contributed by atoms with van der Waals surface area (Å²) in [5, 5.41) is 0. The first-order valence-electron chi connectivity index (χ1n) is 8.27. The highest BCUT2D eigenvalue weighted by Gasteiger charge is 2.33. The first-order valence-corrected chi connectivity index (χ1v) is 8.27. The van der Waals surface area contributed by atoms with Crippen LogP contribution >= 0.6 is 0 Å². The molecule has 1 aromatic rings. The van der Waals surface area contributed by atoms with Crippen LogP contribution in [0.5, 0.6) is 0 Å². The largest absolute Gasteiger partial charge is 0.274 e. The van der Waals surface area contributed by atoms with Crippen LogP contribution in [-0.4, -0.2) is 17.0 Å². The van der Waals surface area contributed by atoms with E-state index >= 15 is 0 Å². The van der Waals surface area contributed by atoms with Crippen molar-refractivity contribution in [1.29, 1.82) is 0 Å². The Balaban J connectivity index is 2.10. The topological polar surface area (TPSA) is 24.7 Å². The third kappa shape index (κ3) is 2.74. The van der Waals surface area contributed by atoms with Gasteiger partial charge in [0.1, 0.15) is 0 Å². The Morgan fingerprint density at radius 2 is 1.74 bits per heavy atom. The minimum absolute atomic E-state index is 0.0834. The van der Waals surface area contributed by atoms with Gasteiger partial charge in [0, 0.05) is 5.57 Å². The van der Waals surface area contributed by atoms with Gasteiger partial charge in [-0.2, -0.15) is 0 Å². The molecule has 0 saturated carbocycles. The van der Waals surface area contributed by atoms with Crippen molar-refractivity contribution in [3.8, 4) is 0 Å². The number of aliphatic imine (C=N–C) groups is 2. The molecular formula is C21H24N2. The summed E-state index contributed by atoms with van der Waals surface area (Å²) in [7, 11) is 0. The van der Waals surface area contributed by atoms with Crippen molar-refractivity contribution in [2.45, 2.75) is 46.6 Å². The molecular weight excluding hydrogens is 280 g/mol. The van der Waals surface area contributed by atoms with Gasteiger partial charge in [0.05, 0.1) is 22.6 Å². The molecule has 1 heterocycles. The molecule has 3 rings (SSSR count). The third-order valence-electron chi connectivity index (χ3n) is 5.12. The molecule has 0 fully saturated rings. The number of fused-ring (bicyclic) bond motifs is 1. The number of hydrogen-bond acceptors (Lipinski definition) is 2. The van der Waals surface area contributed by atoms with Gasteiger partial charge >= 0.3 is 0 Å². The first-order chi connectivity index (χ1) is 10.9. The van der Waals surface area contributed by atoms with E-state index in [1.54, 1.807) is 0 Å². The minimum Gasteiger partial charge on any atom is -0.274 e. The second kappa shape index (κ2) is 5.77. The van der Waals surface area contributed by atoms with E-state index in [4.69, 9.17) is 9.98 Å². The average Bonchev–Trinajstić information content (AvgIpc) is 2.55. The Morgan fingerprint density at radius 3 is 2.39 bits per heavy atom. The lowest BCUT2D eigenvalue weighted by Gasteiger charge is -2.35.